The highest BCUT2D eigenvalue weighted by atomic mass is 19.4. The minimum Gasteiger partial charge on any atom is -0.457 e. The number of imidazole rings is 1. The Morgan fingerprint density at radius 2 is 1.74 bits per heavy atom. The molecule has 0 unspecified atom stereocenters. The Kier molecular flexibility index (Phi) is 4.80. The largest absolute Gasteiger partial charge is 0.457 e. The zero-order chi connectivity index (χ0) is 22.2. The van der Waals surface area contributed by atoms with Crippen LogP contribution in [0.3, 0.4) is 0 Å². The van der Waals surface area contributed by atoms with Crippen LogP contribution in [0.1, 0.15) is 16.8 Å². The second kappa shape index (κ2) is 7.47. The summed E-state index contributed by atoms with van der Waals surface area (Å²) in [6.45, 7) is 0. The minimum atomic E-state index is -4.69. The molecule has 0 amide bonds. The van der Waals surface area contributed by atoms with Crippen LogP contribution in [0, 0.1) is 22.7 Å². The van der Waals surface area contributed by atoms with Crippen LogP contribution in [-0.2, 0) is 13.2 Å². The van der Waals surface area contributed by atoms with E-state index >= 15 is 0 Å². The molecule has 2 aromatic carbocycles. The molecule has 0 atom stereocenters. The smallest absolute Gasteiger partial charge is 0.420 e. The van der Waals surface area contributed by atoms with Crippen molar-refractivity contribution in [2.24, 2.45) is 7.05 Å². The molecule has 6 nitrogen and oxygen atoms in total. The van der Waals surface area contributed by atoms with Crippen molar-refractivity contribution < 1.29 is 17.9 Å². The number of halogens is 3. The van der Waals surface area contributed by atoms with E-state index in [1.54, 1.807) is 17.7 Å². The van der Waals surface area contributed by atoms with E-state index in [0.29, 0.717) is 16.6 Å². The summed E-state index contributed by atoms with van der Waals surface area (Å²) in [6, 6.07) is 14.8. The molecule has 0 bridgehead atoms. The number of aryl methyl sites for hydroxylation is 1. The van der Waals surface area contributed by atoms with Crippen LogP contribution >= 0.6 is 0 Å². The van der Waals surface area contributed by atoms with E-state index in [9.17, 15) is 18.4 Å². The summed E-state index contributed by atoms with van der Waals surface area (Å²) in [6.07, 6.45) is -3.18. The van der Waals surface area contributed by atoms with Gasteiger partial charge in [-0.1, -0.05) is 0 Å². The normalized spacial score (nSPS) is 11.2. The van der Waals surface area contributed by atoms with Gasteiger partial charge in [0.25, 0.3) is 0 Å². The molecule has 152 valence electrons. The summed E-state index contributed by atoms with van der Waals surface area (Å²) in [4.78, 5) is 8.29. The van der Waals surface area contributed by atoms with E-state index in [0.717, 1.165) is 6.07 Å². The number of pyridine rings is 1. The lowest BCUT2D eigenvalue weighted by molar-refractivity contribution is -0.138. The molecule has 0 saturated heterocycles. The van der Waals surface area contributed by atoms with E-state index in [2.05, 4.69) is 9.97 Å². The zero-order valence-electron chi connectivity index (χ0n) is 16.0. The SMILES string of the molecule is Cn1cnc2c(C#N)nc(-c3ccc(Oc4ccc(C#N)cc4)c(C(F)(F)F)c3)cc21. The highest BCUT2D eigenvalue weighted by Gasteiger charge is 2.35. The lowest BCUT2D eigenvalue weighted by Gasteiger charge is -2.15. The predicted octanol–water partition coefficient (Wildman–Crippen LogP) is 5.19. The highest BCUT2D eigenvalue weighted by Crippen LogP contribution is 2.40. The van der Waals surface area contributed by atoms with E-state index in [-0.39, 0.29) is 28.5 Å². The Balaban J connectivity index is 1.80. The van der Waals surface area contributed by atoms with E-state index in [1.165, 1.54) is 42.7 Å². The van der Waals surface area contributed by atoms with Gasteiger partial charge >= 0.3 is 6.18 Å². The van der Waals surface area contributed by atoms with Gasteiger partial charge in [0.15, 0.2) is 5.69 Å². The van der Waals surface area contributed by atoms with Gasteiger partial charge in [0.05, 0.1) is 34.7 Å². The molecule has 0 saturated carbocycles. The molecular weight excluding hydrogens is 407 g/mol. The van der Waals surface area contributed by atoms with E-state index < -0.39 is 11.7 Å². The van der Waals surface area contributed by atoms with Crippen molar-refractivity contribution in [2.75, 3.05) is 0 Å². The number of rotatable bonds is 3. The molecule has 9 heteroatoms. The highest BCUT2D eigenvalue weighted by molar-refractivity contribution is 5.84. The predicted molar refractivity (Wildman–Crippen MR) is 105 cm³/mol. The van der Waals surface area contributed by atoms with Crippen LogP contribution in [0.2, 0.25) is 0 Å². The molecule has 0 spiro atoms. The van der Waals surface area contributed by atoms with Crippen molar-refractivity contribution in [3.63, 3.8) is 0 Å². The fourth-order valence-corrected chi connectivity index (χ4v) is 3.08. The van der Waals surface area contributed by atoms with Crippen LogP contribution in [0.4, 0.5) is 13.2 Å². The number of nitriles is 2. The van der Waals surface area contributed by atoms with Gasteiger partial charge in [0.1, 0.15) is 23.1 Å². The van der Waals surface area contributed by atoms with Crippen molar-refractivity contribution in [2.45, 2.75) is 6.18 Å². The number of alkyl halides is 3. The Labute approximate surface area is 174 Å². The molecule has 2 aromatic heterocycles. The third kappa shape index (κ3) is 3.77. The summed E-state index contributed by atoms with van der Waals surface area (Å²) in [5, 5.41) is 18.2. The Morgan fingerprint density at radius 3 is 2.39 bits per heavy atom. The fraction of sp³-hybridized carbons (Fsp3) is 0.0909. The van der Waals surface area contributed by atoms with Crippen molar-refractivity contribution in [3.8, 4) is 34.9 Å². The average molecular weight is 419 g/mol. The van der Waals surface area contributed by atoms with Gasteiger partial charge in [-0.3, -0.25) is 0 Å². The van der Waals surface area contributed by atoms with Crippen molar-refractivity contribution in [1.29, 1.82) is 10.5 Å². The van der Waals surface area contributed by atoms with Gasteiger partial charge in [-0.05, 0) is 48.5 Å². The topological polar surface area (TPSA) is 87.5 Å². The first kappa shape index (κ1) is 19.9. The van der Waals surface area contributed by atoms with Gasteiger partial charge in [-0.25, -0.2) is 9.97 Å². The first-order valence-corrected chi connectivity index (χ1v) is 8.92. The van der Waals surface area contributed by atoms with E-state index in [1.807, 2.05) is 12.1 Å². The summed E-state index contributed by atoms with van der Waals surface area (Å²) < 4.78 is 48.4. The molecule has 4 rings (SSSR count). The van der Waals surface area contributed by atoms with Gasteiger partial charge in [0.2, 0.25) is 0 Å². The van der Waals surface area contributed by atoms with Gasteiger partial charge in [-0.15, -0.1) is 0 Å². The zero-order valence-corrected chi connectivity index (χ0v) is 16.0. The standard InChI is InChI=1S/C22H12F3N5O/c1-30-12-28-21-18(11-27)29-17(9-19(21)30)14-4-7-20(16(8-14)22(23,24)25)31-15-5-2-13(10-26)3-6-15/h2-9,12H,1H3. The molecular formula is C22H12F3N5O. The lowest BCUT2D eigenvalue weighted by atomic mass is 10.0. The van der Waals surface area contributed by atoms with Crippen LogP contribution in [-0.4, -0.2) is 14.5 Å². The first-order chi connectivity index (χ1) is 14.8. The number of nitrogens with zero attached hydrogens (tertiary/aromatic N) is 5. The van der Waals surface area contributed by atoms with Crippen molar-refractivity contribution in [3.05, 3.63) is 71.7 Å². The molecule has 0 aliphatic rings. The summed E-state index contributed by atoms with van der Waals surface area (Å²) >= 11 is 0. The fourth-order valence-electron chi connectivity index (χ4n) is 3.08. The van der Waals surface area contributed by atoms with Crippen LogP contribution in [0.5, 0.6) is 11.5 Å². The summed E-state index contributed by atoms with van der Waals surface area (Å²) in [5.41, 5.74) is 0.753. The second-order valence-corrected chi connectivity index (χ2v) is 6.64. The number of fused-ring (bicyclic) bond motifs is 1. The molecule has 0 aliphatic carbocycles. The van der Waals surface area contributed by atoms with Crippen molar-refractivity contribution >= 4 is 11.0 Å². The summed E-state index contributed by atoms with van der Waals surface area (Å²) in [7, 11) is 1.72. The maximum absolute atomic E-state index is 13.8. The molecule has 0 N–H and O–H groups in total. The quantitative estimate of drug-likeness (QED) is 0.456. The molecule has 0 aliphatic heterocycles. The van der Waals surface area contributed by atoms with Crippen LogP contribution in [0.15, 0.2) is 54.9 Å². The van der Waals surface area contributed by atoms with Gasteiger partial charge in [-0.2, -0.15) is 23.7 Å². The molecule has 4 aromatic rings. The molecule has 31 heavy (non-hydrogen) atoms. The Hall–Kier alpha value is -4.37. The number of hydrogen-bond donors (Lipinski definition) is 0. The number of hydrogen-bond acceptors (Lipinski definition) is 5. The number of benzene rings is 2. The summed E-state index contributed by atoms with van der Waals surface area (Å²) in [5.74, 6) is -0.221. The van der Waals surface area contributed by atoms with E-state index in [4.69, 9.17) is 10.00 Å². The Morgan fingerprint density at radius 1 is 1.00 bits per heavy atom. The van der Waals surface area contributed by atoms with Crippen LogP contribution < -0.4 is 4.74 Å². The average Bonchev–Trinajstić information content (AvgIpc) is 3.14. The number of ether oxygens (including phenoxy) is 1. The Bertz CT molecular complexity index is 1380. The van der Waals surface area contributed by atoms with Crippen molar-refractivity contribution in [1.82, 2.24) is 14.5 Å². The molecule has 0 fully saturated rings. The first-order valence-electron chi connectivity index (χ1n) is 8.92. The lowest BCUT2D eigenvalue weighted by Crippen LogP contribution is -2.07. The maximum atomic E-state index is 13.8. The third-order valence-electron chi connectivity index (χ3n) is 4.61. The molecule has 2 heterocycles. The third-order valence-corrected chi connectivity index (χ3v) is 4.61. The van der Waals surface area contributed by atoms with Gasteiger partial charge < -0.3 is 9.30 Å². The van der Waals surface area contributed by atoms with Crippen LogP contribution in [0.25, 0.3) is 22.3 Å². The minimum absolute atomic E-state index is 0.0274. The monoisotopic (exact) mass is 419 g/mol. The second-order valence-electron chi connectivity index (χ2n) is 6.64. The number of aromatic nitrogens is 3. The van der Waals surface area contributed by atoms with Gasteiger partial charge in [0, 0.05) is 12.6 Å². The maximum Gasteiger partial charge on any atom is 0.420 e. The molecule has 0 radical (unpaired) electrons.